The van der Waals surface area contributed by atoms with Gasteiger partial charge in [-0.1, -0.05) is 31.2 Å². The average molecular weight is 281 g/mol. The number of hydrogen-bond acceptors (Lipinski definition) is 1. The minimum atomic E-state index is -3.25. The predicted molar refractivity (Wildman–Crippen MR) is 75.0 cm³/mol. The van der Waals surface area contributed by atoms with E-state index in [1.54, 1.807) is 0 Å². The molecule has 110 valence electrons. The number of nitrogens with zero attached hydrogens (tertiary/aromatic N) is 1. The monoisotopic (exact) mass is 281 g/mol. The summed E-state index contributed by atoms with van der Waals surface area (Å²) in [5, 5.41) is 0. The molecule has 1 fully saturated rings. The van der Waals surface area contributed by atoms with Crippen molar-refractivity contribution in [3.05, 3.63) is 35.4 Å². The standard InChI is InChI=1S/C16H21F2NO/c1-3-12-4-6-13(7-5-12)14-8-10-19(11-9-14)15(20)16(2,17)18/h4-7,14H,3,8-11H2,1-2H3. The van der Waals surface area contributed by atoms with Crippen LogP contribution in [0, 0.1) is 0 Å². The number of aryl methyl sites for hydroxylation is 1. The summed E-state index contributed by atoms with van der Waals surface area (Å²) in [6, 6.07) is 8.48. The zero-order chi connectivity index (χ0) is 14.8. The Hall–Kier alpha value is -1.45. The van der Waals surface area contributed by atoms with Gasteiger partial charge in [0.05, 0.1) is 0 Å². The molecule has 1 amide bonds. The smallest absolute Gasteiger partial charge is 0.322 e. The quantitative estimate of drug-likeness (QED) is 0.829. The SMILES string of the molecule is CCc1ccc(C2CCN(C(=O)C(C)(F)F)CC2)cc1. The summed E-state index contributed by atoms with van der Waals surface area (Å²) in [7, 11) is 0. The van der Waals surface area contributed by atoms with E-state index >= 15 is 0 Å². The van der Waals surface area contributed by atoms with E-state index in [1.165, 1.54) is 16.0 Å². The topological polar surface area (TPSA) is 20.3 Å². The van der Waals surface area contributed by atoms with Gasteiger partial charge >= 0.3 is 5.92 Å². The van der Waals surface area contributed by atoms with Gasteiger partial charge in [0.15, 0.2) is 0 Å². The van der Waals surface area contributed by atoms with Gasteiger partial charge in [0.1, 0.15) is 0 Å². The maximum Gasteiger partial charge on any atom is 0.322 e. The van der Waals surface area contributed by atoms with E-state index in [-0.39, 0.29) is 0 Å². The number of hydrogen-bond donors (Lipinski definition) is 0. The minimum Gasteiger partial charge on any atom is -0.337 e. The Kier molecular flexibility index (Phi) is 4.41. The summed E-state index contributed by atoms with van der Waals surface area (Å²) in [5.41, 5.74) is 2.55. The average Bonchev–Trinajstić information content (AvgIpc) is 2.46. The predicted octanol–water partition coefficient (Wildman–Crippen LogP) is 3.61. The van der Waals surface area contributed by atoms with Crippen molar-refractivity contribution in [2.45, 2.75) is 45.0 Å². The van der Waals surface area contributed by atoms with E-state index in [0.29, 0.717) is 25.9 Å². The molecule has 1 aliphatic rings. The number of carbonyl (C=O) groups is 1. The van der Waals surface area contributed by atoms with Crippen LogP contribution in [0.2, 0.25) is 0 Å². The van der Waals surface area contributed by atoms with Gasteiger partial charge in [-0.2, -0.15) is 8.78 Å². The fraction of sp³-hybridized carbons (Fsp3) is 0.562. The van der Waals surface area contributed by atoms with Crippen LogP contribution >= 0.6 is 0 Å². The van der Waals surface area contributed by atoms with Crippen LogP contribution in [0.4, 0.5) is 8.78 Å². The Bertz CT molecular complexity index is 456. The lowest BCUT2D eigenvalue weighted by Crippen LogP contribution is -2.45. The van der Waals surface area contributed by atoms with E-state index in [1.807, 2.05) is 0 Å². The number of rotatable bonds is 3. The third kappa shape index (κ3) is 3.35. The van der Waals surface area contributed by atoms with Gasteiger partial charge in [0, 0.05) is 20.0 Å². The van der Waals surface area contributed by atoms with E-state index in [9.17, 15) is 13.6 Å². The lowest BCUT2D eigenvalue weighted by molar-refractivity contribution is -0.155. The first kappa shape index (κ1) is 14.9. The number of piperidine rings is 1. The maximum absolute atomic E-state index is 13.0. The molecule has 0 unspecified atom stereocenters. The first-order valence-electron chi connectivity index (χ1n) is 7.18. The van der Waals surface area contributed by atoms with E-state index in [2.05, 4.69) is 31.2 Å². The molecule has 2 rings (SSSR count). The molecular formula is C16H21F2NO. The molecule has 1 aliphatic heterocycles. The second-order valence-corrected chi connectivity index (χ2v) is 5.55. The lowest BCUT2D eigenvalue weighted by Gasteiger charge is -2.33. The lowest BCUT2D eigenvalue weighted by atomic mass is 9.88. The first-order valence-corrected chi connectivity index (χ1v) is 7.18. The second kappa shape index (κ2) is 5.90. The molecule has 1 saturated heterocycles. The second-order valence-electron chi connectivity index (χ2n) is 5.55. The molecule has 1 heterocycles. The molecule has 2 nitrogen and oxygen atoms in total. The van der Waals surface area contributed by atoms with Crippen LogP contribution in [0.1, 0.15) is 43.7 Å². The fourth-order valence-corrected chi connectivity index (χ4v) is 2.72. The van der Waals surface area contributed by atoms with Gasteiger partial charge in [-0.15, -0.1) is 0 Å². The van der Waals surface area contributed by atoms with Crippen molar-refractivity contribution in [1.29, 1.82) is 0 Å². The van der Waals surface area contributed by atoms with Gasteiger partial charge < -0.3 is 4.90 Å². The van der Waals surface area contributed by atoms with Gasteiger partial charge in [-0.25, -0.2) is 0 Å². The maximum atomic E-state index is 13.0. The van der Waals surface area contributed by atoms with Crippen LogP contribution in [0.25, 0.3) is 0 Å². The van der Waals surface area contributed by atoms with Gasteiger partial charge in [0.25, 0.3) is 5.91 Å². The molecule has 0 N–H and O–H groups in total. The molecule has 0 aliphatic carbocycles. The number of likely N-dealkylation sites (tertiary alicyclic amines) is 1. The van der Waals surface area contributed by atoms with Crippen LogP contribution in [0.3, 0.4) is 0 Å². The zero-order valence-corrected chi connectivity index (χ0v) is 12.0. The number of halogens is 2. The third-order valence-corrected chi connectivity index (χ3v) is 4.02. The summed E-state index contributed by atoms with van der Waals surface area (Å²) >= 11 is 0. The molecule has 0 aromatic heterocycles. The Morgan fingerprint density at radius 2 is 1.80 bits per heavy atom. The molecular weight excluding hydrogens is 260 g/mol. The molecule has 4 heteroatoms. The molecule has 20 heavy (non-hydrogen) atoms. The van der Waals surface area contributed by atoms with Crippen molar-refractivity contribution in [2.75, 3.05) is 13.1 Å². The Morgan fingerprint density at radius 1 is 1.25 bits per heavy atom. The van der Waals surface area contributed by atoms with Crippen LogP contribution in [0.15, 0.2) is 24.3 Å². The van der Waals surface area contributed by atoms with Crippen molar-refractivity contribution >= 4 is 5.91 Å². The number of benzene rings is 1. The number of carbonyl (C=O) groups excluding carboxylic acids is 1. The van der Waals surface area contributed by atoms with Crippen molar-refractivity contribution in [2.24, 2.45) is 0 Å². The molecule has 1 aromatic carbocycles. The normalized spacial score (nSPS) is 17.3. The summed E-state index contributed by atoms with van der Waals surface area (Å²) in [4.78, 5) is 12.8. The van der Waals surface area contributed by atoms with Gasteiger partial charge in [-0.05, 0) is 36.3 Å². The summed E-state index contributed by atoms with van der Waals surface area (Å²) in [6.07, 6.45) is 2.53. The fourth-order valence-electron chi connectivity index (χ4n) is 2.72. The van der Waals surface area contributed by atoms with Crippen LogP contribution in [0.5, 0.6) is 0 Å². The van der Waals surface area contributed by atoms with E-state index < -0.39 is 11.8 Å². The Balaban J connectivity index is 1.95. The van der Waals surface area contributed by atoms with Crippen LogP contribution in [-0.4, -0.2) is 29.8 Å². The van der Waals surface area contributed by atoms with Crippen molar-refractivity contribution in [3.8, 4) is 0 Å². The summed E-state index contributed by atoms with van der Waals surface area (Å²) < 4.78 is 26.0. The largest absolute Gasteiger partial charge is 0.337 e. The Labute approximate surface area is 118 Å². The highest BCUT2D eigenvalue weighted by molar-refractivity contribution is 5.83. The zero-order valence-electron chi connectivity index (χ0n) is 12.0. The van der Waals surface area contributed by atoms with Crippen LogP contribution < -0.4 is 0 Å². The Morgan fingerprint density at radius 3 is 2.25 bits per heavy atom. The van der Waals surface area contributed by atoms with Crippen LogP contribution in [-0.2, 0) is 11.2 Å². The van der Waals surface area contributed by atoms with Crippen molar-refractivity contribution in [3.63, 3.8) is 0 Å². The molecule has 0 bridgehead atoms. The molecule has 0 spiro atoms. The third-order valence-electron chi connectivity index (χ3n) is 4.02. The first-order chi connectivity index (χ1) is 9.41. The minimum absolute atomic E-state index is 0.371. The van der Waals surface area contributed by atoms with Crippen molar-refractivity contribution < 1.29 is 13.6 Å². The highest BCUT2D eigenvalue weighted by atomic mass is 19.3. The highest BCUT2D eigenvalue weighted by Gasteiger charge is 2.38. The molecule has 0 atom stereocenters. The van der Waals surface area contributed by atoms with E-state index in [4.69, 9.17) is 0 Å². The van der Waals surface area contributed by atoms with E-state index in [0.717, 1.165) is 19.3 Å². The molecule has 0 radical (unpaired) electrons. The summed E-state index contributed by atoms with van der Waals surface area (Å²) in [5.74, 6) is -3.93. The van der Waals surface area contributed by atoms with Crippen molar-refractivity contribution in [1.82, 2.24) is 4.90 Å². The number of alkyl halides is 2. The van der Waals surface area contributed by atoms with Gasteiger partial charge in [-0.3, -0.25) is 4.79 Å². The molecule has 0 saturated carbocycles. The molecule has 1 aromatic rings. The highest BCUT2D eigenvalue weighted by Crippen LogP contribution is 2.29. The number of amides is 1. The summed E-state index contributed by atoms with van der Waals surface area (Å²) in [6.45, 7) is 3.62. The van der Waals surface area contributed by atoms with Gasteiger partial charge in [0.2, 0.25) is 0 Å².